The second kappa shape index (κ2) is 6.96. The number of hydrogen-bond donors (Lipinski definition) is 1. The number of ether oxygens (including phenoxy) is 1. The van der Waals surface area contributed by atoms with Crippen molar-refractivity contribution in [3.05, 3.63) is 81.3 Å². The average Bonchev–Trinajstić information content (AvgIpc) is 3.28. The fourth-order valence-corrected chi connectivity index (χ4v) is 4.54. The molecule has 1 saturated carbocycles. The third-order valence-electron chi connectivity index (χ3n) is 5.50. The molecule has 0 radical (unpaired) electrons. The summed E-state index contributed by atoms with van der Waals surface area (Å²) < 4.78 is 49.3. The highest BCUT2D eigenvalue weighted by Gasteiger charge is 2.42. The molecule has 8 heteroatoms. The second-order valence-electron chi connectivity index (χ2n) is 7.67. The topological polar surface area (TPSA) is 51.5 Å². The van der Waals surface area contributed by atoms with Gasteiger partial charge in [-0.05, 0) is 42.0 Å². The van der Waals surface area contributed by atoms with Crippen LogP contribution in [0.25, 0.3) is 21.2 Å². The van der Waals surface area contributed by atoms with Gasteiger partial charge < -0.3 is 14.4 Å². The molecule has 0 amide bonds. The molecule has 5 rings (SSSR count). The van der Waals surface area contributed by atoms with Crippen LogP contribution in [-0.2, 0) is 12.6 Å². The molecule has 4 nitrogen and oxygen atoms in total. The fourth-order valence-electron chi connectivity index (χ4n) is 3.65. The van der Waals surface area contributed by atoms with E-state index in [1.165, 1.54) is 22.0 Å². The van der Waals surface area contributed by atoms with Crippen LogP contribution in [0.15, 0.2) is 52.8 Å². The molecular weight excluding hydrogens is 427 g/mol. The molecule has 2 heterocycles. The van der Waals surface area contributed by atoms with Crippen LogP contribution in [0.4, 0.5) is 13.2 Å². The lowest BCUT2D eigenvalue weighted by molar-refractivity contribution is 0.151. The molecule has 2 aromatic heterocycles. The van der Waals surface area contributed by atoms with Crippen molar-refractivity contribution < 1.29 is 23.0 Å². The quantitative estimate of drug-likeness (QED) is 0.456. The Bertz CT molecular complexity index is 1380. The van der Waals surface area contributed by atoms with E-state index in [1.807, 2.05) is 0 Å². The number of benzene rings is 2. The molecule has 2 aromatic carbocycles. The Kier molecular flexibility index (Phi) is 4.46. The number of halogens is 3. The predicted octanol–water partition coefficient (Wildman–Crippen LogP) is 5.46. The van der Waals surface area contributed by atoms with Crippen LogP contribution in [0, 0.1) is 17.5 Å². The van der Waals surface area contributed by atoms with Crippen LogP contribution in [0.2, 0.25) is 0 Å². The third-order valence-corrected chi connectivity index (χ3v) is 6.40. The van der Waals surface area contributed by atoms with E-state index in [-0.39, 0.29) is 11.3 Å². The molecule has 0 aliphatic heterocycles. The van der Waals surface area contributed by atoms with E-state index >= 15 is 0 Å². The lowest BCUT2D eigenvalue weighted by Gasteiger charge is -2.17. The first-order valence-corrected chi connectivity index (χ1v) is 10.4. The number of nitrogens with zero attached hydrogens (tertiary/aromatic N) is 1. The Labute approximate surface area is 178 Å². The molecule has 0 saturated heterocycles. The standard InChI is InChI=1S/C23H16F3NO3S/c1-27-11-16(14-4-7-31-21(14)22(27)28)15-8-12(23(29)5-6-23)2-3-19(15)30-20-17(25)9-13(24)10-18(20)26/h2-4,7-11,29H,5-6H2,1H3. The summed E-state index contributed by atoms with van der Waals surface area (Å²) in [5.41, 5.74) is 0.604. The number of thiophene rings is 1. The van der Waals surface area contributed by atoms with Gasteiger partial charge in [0.2, 0.25) is 0 Å². The first kappa shape index (κ1) is 19.8. The highest BCUT2D eigenvalue weighted by atomic mass is 32.1. The van der Waals surface area contributed by atoms with Crippen LogP contribution >= 0.6 is 11.3 Å². The summed E-state index contributed by atoms with van der Waals surface area (Å²) in [7, 11) is 1.61. The van der Waals surface area contributed by atoms with E-state index in [1.54, 1.807) is 36.8 Å². The molecule has 0 spiro atoms. The fraction of sp³-hybridized carbons (Fsp3) is 0.174. The van der Waals surface area contributed by atoms with Crippen molar-refractivity contribution in [3.8, 4) is 22.6 Å². The molecule has 1 aliphatic carbocycles. The number of pyridine rings is 1. The maximum absolute atomic E-state index is 14.2. The maximum atomic E-state index is 14.2. The Morgan fingerprint density at radius 1 is 1.06 bits per heavy atom. The van der Waals surface area contributed by atoms with E-state index in [0.29, 0.717) is 51.8 Å². The summed E-state index contributed by atoms with van der Waals surface area (Å²) in [6, 6.07) is 7.74. The van der Waals surface area contributed by atoms with Crippen molar-refractivity contribution in [2.24, 2.45) is 7.05 Å². The van der Waals surface area contributed by atoms with Gasteiger partial charge in [0.05, 0.1) is 5.60 Å². The van der Waals surface area contributed by atoms with Gasteiger partial charge in [-0.2, -0.15) is 0 Å². The molecule has 158 valence electrons. The van der Waals surface area contributed by atoms with Crippen molar-refractivity contribution in [2.45, 2.75) is 18.4 Å². The van der Waals surface area contributed by atoms with Crippen LogP contribution in [0.1, 0.15) is 18.4 Å². The number of aliphatic hydroxyl groups is 1. The predicted molar refractivity (Wildman–Crippen MR) is 112 cm³/mol. The van der Waals surface area contributed by atoms with Gasteiger partial charge in [0.25, 0.3) is 5.56 Å². The van der Waals surface area contributed by atoms with Gasteiger partial charge in [0.15, 0.2) is 17.4 Å². The summed E-state index contributed by atoms with van der Waals surface area (Å²) in [5, 5.41) is 13.0. The zero-order chi connectivity index (χ0) is 21.9. The first-order valence-electron chi connectivity index (χ1n) is 9.53. The molecule has 0 bridgehead atoms. The third kappa shape index (κ3) is 3.32. The van der Waals surface area contributed by atoms with E-state index in [0.717, 1.165) is 0 Å². The Morgan fingerprint density at radius 2 is 1.77 bits per heavy atom. The highest BCUT2D eigenvalue weighted by Crippen LogP contribution is 2.48. The lowest BCUT2D eigenvalue weighted by Crippen LogP contribution is -2.15. The first-order chi connectivity index (χ1) is 14.8. The van der Waals surface area contributed by atoms with Gasteiger partial charge in [-0.1, -0.05) is 6.07 Å². The molecule has 0 unspecified atom stereocenters. The number of fused-ring (bicyclic) bond motifs is 1. The molecule has 0 atom stereocenters. The van der Waals surface area contributed by atoms with E-state index in [2.05, 4.69) is 0 Å². The number of rotatable bonds is 4. The normalized spacial score (nSPS) is 14.7. The molecular formula is C23H16F3NO3S. The number of aromatic nitrogens is 1. The van der Waals surface area contributed by atoms with Gasteiger partial charge in [-0.3, -0.25) is 4.79 Å². The van der Waals surface area contributed by atoms with Crippen LogP contribution in [-0.4, -0.2) is 9.67 Å². The van der Waals surface area contributed by atoms with Crippen molar-refractivity contribution in [1.29, 1.82) is 0 Å². The summed E-state index contributed by atoms with van der Waals surface area (Å²) in [4.78, 5) is 12.5. The SMILES string of the molecule is Cn1cc(-c2cc(C3(O)CC3)ccc2Oc2c(F)cc(F)cc2F)c2ccsc2c1=O. The summed E-state index contributed by atoms with van der Waals surface area (Å²) in [6.45, 7) is 0. The monoisotopic (exact) mass is 443 g/mol. The van der Waals surface area contributed by atoms with E-state index in [4.69, 9.17) is 4.74 Å². The summed E-state index contributed by atoms with van der Waals surface area (Å²) in [5.74, 6) is -4.01. The zero-order valence-corrected chi connectivity index (χ0v) is 17.1. The molecule has 31 heavy (non-hydrogen) atoms. The van der Waals surface area contributed by atoms with Gasteiger partial charge >= 0.3 is 0 Å². The Hall–Kier alpha value is -3.10. The average molecular weight is 443 g/mol. The van der Waals surface area contributed by atoms with Crippen molar-refractivity contribution >= 4 is 21.4 Å². The maximum Gasteiger partial charge on any atom is 0.268 e. The van der Waals surface area contributed by atoms with E-state index < -0.39 is 28.8 Å². The van der Waals surface area contributed by atoms with Gasteiger partial charge in [-0.25, -0.2) is 13.2 Å². The Balaban J connectivity index is 1.74. The molecule has 1 fully saturated rings. The van der Waals surface area contributed by atoms with Crippen LogP contribution in [0.3, 0.4) is 0 Å². The smallest absolute Gasteiger partial charge is 0.268 e. The van der Waals surface area contributed by atoms with Crippen molar-refractivity contribution in [2.75, 3.05) is 0 Å². The van der Waals surface area contributed by atoms with E-state index in [9.17, 15) is 23.1 Å². The van der Waals surface area contributed by atoms with Gasteiger partial charge in [0, 0.05) is 41.9 Å². The zero-order valence-electron chi connectivity index (χ0n) is 16.3. The van der Waals surface area contributed by atoms with Crippen molar-refractivity contribution in [3.63, 3.8) is 0 Å². The second-order valence-corrected chi connectivity index (χ2v) is 8.58. The van der Waals surface area contributed by atoms with Crippen LogP contribution < -0.4 is 10.3 Å². The number of aryl methyl sites for hydroxylation is 1. The van der Waals surface area contributed by atoms with Gasteiger partial charge in [0.1, 0.15) is 16.3 Å². The molecule has 1 aliphatic rings. The van der Waals surface area contributed by atoms with Crippen molar-refractivity contribution in [1.82, 2.24) is 4.57 Å². The van der Waals surface area contributed by atoms with Gasteiger partial charge in [-0.15, -0.1) is 11.3 Å². The summed E-state index contributed by atoms with van der Waals surface area (Å²) in [6.07, 6.45) is 2.84. The molecule has 1 N–H and O–H groups in total. The number of hydrogen-bond acceptors (Lipinski definition) is 4. The molecule has 4 aromatic rings. The lowest BCUT2D eigenvalue weighted by atomic mass is 9.97. The van der Waals surface area contributed by atoms with Crippen LogP contribution in [0.5, 0.6) is 11.5 Å². The highest BCUT2D eigenvalue weighted by molar-refractivity contribution is 7.17. The summed E-state index contributed by atoms with van der Waals surface area (Å²) >= 11 is 1.29. The minimum Gasteiger partial charge on any atom is -0.451 e. The largest absolute Gasteiger partial charge is 0.451 e. The Morgan fingerprint density at radius 3 is 2.45 bits per heavy atom. The minimum absolute atomic E-state index is 0.114. The minimum atomic E-state index is -1.17.